The fourth-order valence-corrected chi connectivity index (χ4v) is 2.39. The van der Waals surface area contributed by atoms with Gasteiger partial charge < -0.3 is 10.1 Å². The molecule has 2 N–H and O–H groups in total. The van der Waals surface area contributed by atoms with E-state index in [4.69, 9.17) is 4.74 Å². The van der Waals surface area contributed by atoms with Crippen molar-refractivity contribution >= 4 is 17.5 Å². The lowest BCUT2D eigenvalue weighted by Gasteiger charge is -2.07. The third-order valence-corrected chi connectivity index (χ3v) is 3.92. The lowest BCUT2D eigenvalue weighted by atomic mass is 10.1. The maximum atomic E-state index is 12.0. The largest absolute Gasteiger partial charge is 0.497 e. The lowest BCUT2D eigenvalue weighted by molar-refractivity contribution is -0.121. The van der Waals surface area contributed by atoms with Crippen LogP contribution < -0.4 is 15.5 Å². The first-order chi connectivity index (χ1) is 13.1. The first-order valence-electron chi connectivity index (χ1n) is 8.82. The lowest BCUT2D eigenvalue weighted by Crippen LogP contribution is -2.26. The third kappa shape index (κ3) is 7.73. The number of aryl methyl sites for hydroxylation is 1. The summed E-state index contributed by atoms with van der Waals surface area (Å²) in [5.74, 6) is 0.457. The summed E-state index contributed by atoms with van der Waals surface area (Å²) >= 11 is 0. The number of methoxy groups -OCH3 is 1. The second-order valence-corrected chi connectivity index (χ2v) is 6.17. The molecule has 0 bridgehead atoms. The second kappa shape index (κ2) is 10.8. The van der Waals surface area contributed by atoms with E-state index >= 15 is 0 Å². The van der Waals surface area contributed by atoms with E-state index in [9.17, 15) is 9.59 Å². The molecule has 0 atom stereocenters. The van der Waals surface area contributed by atoms with Gasteiger partial charge in [0.15, 0.2) is 0 Å². The fourth-order valence-electron chi connectivity index (χ4n) is 2.39. The predicted molar refractivity (Wildman–Crippen MR) is 105 cm³/mol. The Morgan fingerprint density at radius 2 is 1.67 bits per heavy atom. The molecule has 0 aliphatic heterocycles. The van der Waals surface area contributed by atoms with Crippen LogP contribution in [0.5, 0.6) is 5.75 Å². The molecule has 2 aromatic carbocycles. The van der Waals surface area contributed by atoms with Gasteiger partial charge in [0.2, 0.25) is 11.8 Å². The van der Waals surface area contributed by atoms with Crippen LogP contribution in [0.3, 0.4) is 0 Å². The molecule has 2 aromatic rings. The molecule has 0 heterocycles. The topological polar surface area (TPSA) is 79.8 Å². The average molecular weight is 367 g/mol. The summed E-state index contributed by atoms with van der Waals surface area (Å²) in [5.41, 5.74) is 5.13. The zero-order valence-electron chi connectivity index (χ0n) is 15.7. The van der Waals surface area contributed by atoms with Crippen molar-refractivity contribution in [2.24, 2.45) is 5.10 Å². The zero-order chi connectivity index (χ0) is 19.5. The average Bonchev–Trinajstić information content (AvgIpc) is 2.70. The summed E-state index contributed by atoms with van der Waals surface area (Å²) in [7, 11) is 1.61. The Bertz CT molecular complexity index is 771. The molecule has 0 saturated carbocycles. The van der Waals surface area contributed by atoms with Gasteiger partial charge in [0.05, 0.1) is 13.5 Å². The van der Waals surface area contributed by atoms with E-state index in [-0.39, 0.29) is 18.2 Å². The van der Waals surface area contributed by atoms with Crippen LogP contribution in [0.15, 0.2) is 59.7 Å². The van der Waals surface area contributed by atoms with Gasteiger partial charge in [-0.2, -0.15) is 5.10 Å². The van der Waals surface area contributed by atoms with E-state index in [2.05, 4.69) is 15.8 Å². The van der Waals surface area contributed by atoms with Crippen molar-refractivity contribution in [1.29, 1.82) is 0 Å². The van der Waals surface area contributed by atoms with E-state index in [1.807, 2.05) is 54.6 Å². The normalized spacial score (nSPS) is 11.0. The van der Waals surface area contributed by atoms with Crippen molar-refractivity contribution in [3.05, 3.63) is 65.7 Å². The first-order valence-corrected chi connectivity index (χ1v) is 8.82. The van der Waals surface area contributed by atoms with Gasteiger partial charge in [-0.25, -0.2) is 5.43 Å². The van der Waals surface area contributed by atoms with Crippen LogP contribution in [0.1, 0.15) is 30.9 Å². The fraction of sp³-hybridized carbons (Fsp3) is 0.286. The van der Waals surface area contributed by atoms with Crippen LogP contribution in [0.25, 0.3) is 0 Å². The highest BCUT2D eigenvalue weighted by atomic mass is 16.5. The molecule has 142 valence electrons. The van der Waals surface area contributed by atoms with Crippen LogP contribution in [-0.2, 0) is 22.6 Å². The van der Waals surface area contributed by atoms with E-state index in [0.29, 0.717) is 25.1 Å². The van der Waals surface area contributed by atoms with Gasteiger partial charge in [0.25, 0.3) is 0 Å². The predicted octanol–water partition coefficient (Wildman–Crippen LogP) is 2.83. The molecule has 2 amide bonds. The molecule has 0 aliphatic carbocycles. The Morgan fingerprint density at radius 3 is 2.33 bits per heavy atom. The van der Waals surface area contributed by atoms with Gasteiger partial charge in [0, 0.05) is 18.7 Å². The standard InChI is InChI=1S/C21H25N3O3/c1-16(23-24-20(25)13-10-17-6-4-3-5-7-17)14-21(26)22-15-18-8-11-19(27-2)12-9-18/h3-9,11-12H,10,13-15H2,1-2H3,(H,22,26)(H,24,25)/b23-16+. The number of carbonyl (C=O) groups excluding carboxylic acids is 2. The number of ether oxygens (including phenoxy) is 1. The van der Waals surface area contributed by atoms with Crippen molar-refractivity contribution in [2.45, 2.75) is 32.7 Å². The van der Waals surface area contributed by atoms with Gasteiger partial charge in [-0.05, 0) is 36.6 Å². The molecule has 0 aromatic heterocycles. The number of benzene rings is 2. The number of nitrogens with zero attached hydrogens (tertiary/aromatic N) is 1. The van der Waals surface area contributed by atoms with Gasteiger partial charge in [-0.3, -0.25) is 9.59 Å². The van der Waals surface area contributed by atoms with Crippen LogP contribution in [0.2, 0.25) is 0 Å². The Labute approximate surface area is 159 Å². The number of hydrazone groups is 1. The van der Waals surface area contributed by atoms with Crippen LogP contribution >= 0.6 is 0 Å². The summed E-state index contributed by atoms with van der Waals surface area (Å²) in [6, 6.07) is 17.3. The number of hydrogen-bond donors (Lipinski definition) is 2. The molecular weight excluding hydrogens is 342 g/mol. The zero-order valence-corrected chi connectivity index (χ0v) is 15.7. The highest BCUT2D eigenvalue weighted by Crippen LogP contribution is 2.10. The van der Waals surface area contributed by atoms with Crippen molar-refractivity contribution < 1.29 is 14.3 Å². The molecular formula is C21H25N3O3. The Hall–Kier alpha value is -3.15. The minimum Gasteiger partial charge on any atom is -0.497 e. The SMILES string of the molecule is COc1ccc(CNC(=O)C/C(C)=N/NC(=O)CCc2ccccc2)cc1. The third-order valence-electron chi connectivity index (χ3n) is 3.92. The molecule has 0 unspecified atom stereocenters. The summed E-state index contributed by atoms with van der Waals surface area (Å²) < 4.78 is 5.10. The van der Waals surface area contributed by atoms with Crippen LogP contribution in [-0.4, -0.2) is 24.6 Å². The van der Waals surface area contributed by atoms with Gasteiger partial charge in [-0.15, -0.1) is 0 Å². The number of hydrogen-bond acceptors (Lipinski definition) is 4. The first kappa shape index (κ1) is 20.2. The molecule has 0 spiro atoms. The van der Waals surface area contributed by atoms with E-state index in [1.54, 1.807) is 14.0 Å². The minimum absolute atomic E-state index is 0.134. The molecule has 2 rings (SSSR count). The summed E-state index contributed by atoms with van der Waals surface area (Å²) in [4.78, 5) is 23.8. The minimum atomic E-state index is -0.170. The summed E-state index contributed by atoms with van der Waals surface area (Å²) in [6.07, 6.45) is 1.14. The van der Waals surface area contributed by atoms with Gasteiger partial charge in [-0.1, -0.05) is 42.5 Å². The van der Waals surface area contributed by atoms with Crippen molar-refractivity contribution in [3.8, 4) is 5.75 Å². The molecule has 6 nitrogen and oxygen atoms in total. The molecule has 0 aliphatic rings. The number of rotatable bonds is 9. The second-order valence-electron chi connectivity index (χ2n) is 6.17. The maximum Gasteiger partial charge on any atom is 0.240 e. The van der Waals surface area contributed by atoms with Crippen LogP contribution in [0, 0.1) is 0 Å². The monoisotopic (exact) mass is 367 g/mol. The van der Waals surface area contributed by atoms with Crippen molar-refractivity contribution in [2.75, 3.05) is 7.11 Å². The molecule has 0 fully saturated rings. The quantitative estimate of drug-likeness (QED) is 0.528. The highest BCUT2D eigenvalue weighted by Gasteiger charge is 2.06. The van der Waals surface area contributed by atoms with Gasteiger partial charge >= 0.3 is 0 Å². The van der Waals surface area contributed by atoms with E-state index in [0.717, 1.165) is 16.9 Å². The summed E-state index contributed by atoms with van der Waals surface area (Å²) in [6.45, 7) is 2.14. The Kier molecular flexibility index (Phi) is 8.03. The smallest absolute Gasteiger partial charge is 0.240 e. The van der Waals surface area contributed by atoms with Crippen molar-refractivity contribution in [3.63, 3.8) is 0 Å². The highest BCUT2D eigenvalue weighted by molar-refractivity contribution is 6.00. The molecule has 0 radical (unpaired) electrons. The Balaban J connectivity index is 1.68. The van der Waals surface area contributed by atoms with Crippen molar-refractivity contribution in [1.82, 2.24) is 10.7 Å². The molecule has 0 saturated heterocycles. The molecule has 6 heteroatoms. The van der Waals surface area contributed by atoms with Gasteiger partial charge in [0.1, 0.15) is 5.75 Å². The number of amides is 2. The van der Waals surface area contributed by atoms with E-state index in [1.165, 1.54) is 0 Å². The maximum absolute atomic E-state index is 12.0. The molecule has 27 heavy (non-hydrogen) atoms. The summed E-state index contributed by atoms with van der Waals surface area (Å²) in [5, 5.41) is 6.82. The number of nitrogens with one attached hydrogen (secondary N) is 2. The van der Waals surface area contributed by atoms with E-state index < -0.39 is 0 Å². The number of carbonyl (C=O) groups is 2. The Morgan fingerprint density at radius 1 is 0.963 bits per heavy atom. The van der Waals surface area contributed by atoms with Crippen LogP contribution in [0.4, 0.5) is 0 Å².